The Labute approximate surface area is 130 Å². The molecule has 5 nitrogen and oxygen atoms in total. The number of likely N-dealkylation sites (N-methyl/N-ethyl adjacent to an activating group) is 1. The lowest BCUT2D eigenvalue weighted by Crippen LogP contribution is -2.41. The molecule has 0 radical (unpaired) electrons. The maximum atomic E-state index is 12.4. The number of carbonyl (C=O) groups excluding carboxylic acids is 1. The van der Waals surface area contributed by atoms with Gasteiger partial charge in [0, 0.05) is 13.0 Å². The third-order valence-corrected chi connectivity index (χ3v) is 3.94. The molecule has 1 aliphatic carbocycles. The van der Waals surface area contributed by atoms with Crippen molar-refractivity contribution in [1.29, 1.82) is 0 Å². The molecule has 1 amide bonds. The Morgan fingerprint density at radius 2 is 1.96 bits per heavy atom. The molecule has 0 spiro atoms. The quantitative estimate of drug-likeness (QED) is 0.901. The Morgan fingerprint density at radius 3 is 2.52 bits per heavy atom. The summed E-state index contributed by atoms with van der Waals surface area (Å²) in [5, 5.41) is 8.92. The van der Waals surface area contributed by atoms with Crippen LogP contribution >= 0.6 is 0 Å². The first-order valence-corrected chi connectivity index (χ1v) is 6.96. The average molecular weight is 331 g/mol. The summed E-state index contributed by atoms with van der Waals surface area (Å²) in [6, 6.07) is 4.68. The number of hydrogen-bond acceptors (Lipinski definition) is 3. The smallest absolute Gasteiger partial charge is 0.480 e. The van der Waals surface area contributed by atoms with Crippen molar-refractivity contribution in [3.63, 3.8) is 0 Å². The largest absolute Gasteiger partial charge is 0.573 e. The third-order valence-electron chi connectivity index (χ3n) is 3.94. The van der Waals surface area contributed by atoms with Gasteiger partial charge in [0.05, 0.1) is 0 Å². The van der Waals surface area contributed by atoms with Gasteiger partial charge in [-0.2, -0.15) is 0 Å². The fourth-order valence-corrected chi connectivity index (χ4v) is 2.43. The van der Waals surface area contributed by atoms with E-state index in [0.29, 0.717) is 12.0 Å². The average Bonchev–Trinajstić information content (AvgIpc) is 3.24. The van der Waals surface area contributed by atoms with E-state index in [1.54, 1.807) is 6.07 Å². The van der Waals surface area contributed by atoms with Crippen LogP contribution in [0, 0.1) is 5.92 Å². The molecule has 0 bridgehead atoms. The SMILES string of the molecule is C[C@H](C(=O)O)N(C)C(=O)[C@@H]1C[C@@H]1c1ccccc1OC(F)(F)F. The predicted octanol–water partition coefficient (Wildman–Crippen LogP) is 2.62. The van der Waals surface area contributed by atoms with Crippen LogP contribution in [0.1, 0.15) is 24.8 Å². The minimum atomic E-state index is -4.81. The maximum Gasteiger partial charge on any atom is 0.573 e. The number of para-hydroxylation sites is 1. The molecule has 126 valence electrons. The van der Waals surface area contributed by atoms with Gasteiger partial charge >= 0.3 is 12.3 Å². The van der Waals surface area contributed by atoms with E-state index in [0.717, 1.165) is 4.90 Å². The molecule has 1 aliphatic rings. The summed E-state index contributed by atoms with van der Waals surface area (Å²) < 4.78 is 41.3. The third kappa shape index (κ3) is 3.94. The highest BCUT2D eigenvalue weighted by Crippen LogP contribution is 2.51. The van der Waals surface area contributed by atoms with E-state index in [2.05, 4.69) is 4.74 Å². The van der Waals surface area contributed by atoms with E-state index in [4.69, 9.17) is 5.11 Å². The molecule has 0 unspecified atom stereocenters. The van der Waals surface area contributed by atoms with Crippen molar-refractivity contribution in [2.24, 2.45) is 5.92 Å². The summed E-state index contributed by atoms with van der Waals surface area (Å²) in [5.74, 6) is -2.79. The predicted molar refractivity (Wildman–Crippen MR) is 73.8 cm³/mol. The lowest BCUT2D eigenvalue weighted by molar-refractivity contribution is -0.274. The number of ether oxygens (including phenoxy) is 1. The second kappa shape index (κ2) is 6.10. The van der Waals surface area contributed by atoms with Gasteiger partial charge in [0.25, 0.3) is 0 Å². The topological polar surface area (TPSA) is 66.8 Å². The van der Waals surface area contributed by atoms with Crippen LogP contribution in [-0.4, -0.2) is 41.3 Å². The molecule has 1 aromatic carbocycles. The normalized spacial score (nSPS) is 21.4. The number of carbonyl (C=O) groups is 2. The summed E-state index contributed by atoms with van der Waals surface area (Å²) in [5.41, 5.74) is 0.305. The lowest BCUT2D eigenvalue weighted by Gasteiger charge is -2.21. The molecule has 1 fully saturated rings. The van der Waals surface area contributed by atoms with Gasteiger partial charge < -0.3 is 14.7 Å². The molecule has 2 rings (SSSR count). The molecule has 0 saturated heterocycles. The zero-order valence-electron chi connectivity index (χ0n) is 12.5. The van der Waals surface area contributed by atoms with Gasteiger partial charge in [0.15, 0.2) is 0 Å². The van der Waals surface area contributed by atoms with Crippen molar-refractivity contribution in [3.8, 4) is 5.75 Å². The van der Waals surface area contributed by atoms with Crippen LogP contribution in [0.3, 0.4) is 0 Å². The second-order valence-electron chi connectivity index (χ2n) is 5.50. The van der Waals surface area contributed by atoms with E-state index >= 15 is 0 Å². The fourth-order valence-electron chi connectivity index (χ4n) is 2.43. The minimum Gasteiger partial charge on any atom is -0.480 e. The Bertz CT molecular complexity index is 617. The number of carboxylic acid groups (broad SMARTS) is 1. The van der Waals surface area contributed by atoms with Crippen LogP contribution in [0.4, 0.5) is 13.2 Å². The highest BCUT2D eigenvalue weighted by molar-refractivity contribution is 5.87. The van der Waals surface area contributed by atoms with Gasteiger partial charge in [-0.3, -0.25) is 4.79 Å². The van der Waals surface area contributed by atoms with Gasteiger partial charge in [-0.25, -0.2) is 4.79 Å². The van der Waals surface area contributed by atoms with Crippen LogP contribution in [0.5, 0.6) is 5.75 Å². The molecule has 1 aromatic rings. The van der Waals surface area contributed by atoms with Crippen molar-refractivity contribution in [2.75, 3.05) is 7.05 Å². The van der Waals surface area contributed by atoms with E-state index in [-0.39, 0.29) is 5.75 Å². The summed E-state index contributed by atoms with van der Waals surface area (Å²) in [7, 11) is 1.37. The molecule has 1 saturated carbocycles. The van der Waals surface area contributed by atoms with Crippen LogP contribution in [0.25, 0.3) is 0 Å². The van der Waals surface area contributed by atoms with E-state index in [1.165, 1.54) is 32.2 Å². The standard InChI is InChI=1S/C15H16F3NO4/c1-8(14(21)22)19(2)13(20)11-7-10(11)9-5-3-4-6-12(9)23-15(16,17)18/h3-6,8,10-11H,7H2,1-2H3,(H,21,22)/t8-,10-,11-/m1/s1. The van der Waals surface area contributed by atoms with E-state index < -0.39 is 36.1 Å². The molecular formula is C15H16F3NO4. The van der Waals surface area contributed by atoms with Crippen LogP contribution in [0.15, 0.2) is 24.3 Å². The van der Waals surface area contributed by atoms with Crippen LogP contribution < -0.4 is 4.74 Å². The number of hydrogen-bond donors (Lipinski definition) is 1. The summed E-state index contributed by atoms with van der Waals surface area (Å²) in [6.45, 7) is 1.37. The number of halogens is 3. The molecule has 0 aliphatic heterocycles. The molecule has 8 heteroatoms. The lowest BCUT2D eigenvalue weighted by atomic mass is 10.1. The van der Waals surface area contributed by atoms with Crippen LogP contribution in [0.2, 0.25) is 0 Å². The molecule has 0 aromatic heterocycles. The Hall–Kier alpha value is -2.25. The van der Waals surface area contributed by atoms with Crippen molar-refractivity contribution in [2.45, 2.75) is 31.7 Å². The Morgan fingerprint density at radius 1 is 1.35 bits per heavy atom. The highest BCUT2D eigenvalue weighted by atomic mass is 19.4. The van der Waals surface area contributed by atoms with Crippen molar-refractivity contribution in [3.05, 3.63) is 29.8 Å². The molecule has 0 heterocycles. The molecular weight excluding hydrogens is 315 g/mol. The molecule has 23 heavy (non-hydrogen) atoms. The van der Waals surface area contributed by atoms with E-state index in [9.17, 15) is 22.8 Å². The molecule has 3 atom stereocenters. The van der Waals surface area contributed by atoms with Gasteiger partial charge in [0.2, 0.25) is 5.91 Å². The van der Waals surface area contributed by atoms with E-state index in [1.807, 2.05) is 0 Å². The van der Waals surface area contributed by atoms with Crippen molar-refractivity contribution < 1.29 is 32.6 Å². The van der Waals surface area contributed by atoms with Crippen molar-refractivity contribution in [1.82, 2.24) is 4.90 Å². The van der Waals surface area contributed by atoms with Crippen LogP contribution in [-0.2, 0) is 9.59 Å². The minimum absolute atomic E-state index is 0.305. The first kappa shape index (κ1) is 17.1. The Balaban J connectivity index is 2.12. The first-order valence-electron chi connectivity index (χ1n) is 6.96. The number of aliphatic carboxylic acids is 1. The van der Waals surface area contributed by atoms with Gasteiger partial charge in [-0.15, -0.1) is 13.2 Å². The second-order valence-corrected chi connectivity index (χ2v) is 5.50. The number of nitrogens with zero attached hydrogens (tertiary/aromatic N) is 1. The zero-order chi connectivity index (χ0) is 17.4. The van der Waals surface area contributed by atoms with Gasteiger partial charge in [-0.1, -0.05) is 18.2 Å². The first-order chi connectivity index (χ1) is 10.6. The number of carboxylic acids is 1. The number of amides is 1. The number of benzene rings is 1. The zero-order valence-corrected chi connectivity index (χ0v) is 12.5. The monoisotopic (exact) mass is 331 g/mol. The van der Waals surface area contributed by atoms with Gasteiger partial charge in [-0.05, 0) is 30.9 Å². The molecule has 1 N–H and O–H groups in total. The maximum absolute atomic E-state index is 12.4. The number of alkyl halides is 3. The number of rotatable bonds is 5. The summed E-state index contributed by atoms with van der Waals surface area (Å²) >= 11 is 0. The fraction of sp³-hybridized carbons (Fsp3) is 0.467. The highest BCUT2D eigenvalue weighted by Gasteiger charge is 2.48. The summed E-state index contributed by atoms with van der Waals surface area (Å²) in [6.07, 6.45) is -4.44. The van der Waals surface area contributed by atoms with Gasteiger partial charge in [0.1, 0.15) is 11.8 Å². The van der Waals surface area contributed by atoms with Crippen molar-refractivity contribution >= 4 is 11.9 Å². The summed E-state index contributed by atoms with van der Waals surface area (Å²) in [4.78, 5) is 24.2. The Kier molecular flexibility index (Phi) is 4.53.